The topological polar surface area (TPSA) is 75.7 Å². The van der Waals surface area contributed by atoms with Crippen molar-refractivity contribution in [2.45, 2.75) is 32.1 Å². The lowest BCUT2D eigenvalue weighted by molar-refractivity contribution is -0.139. The largest absolute Gasteiger partial charge is 0.378 e. The van der Waals surface area contributed by atoms with Gasteiger partial charge in [-0.05, 0) is 18.8 Å². The average molecular weight is 268 g/mol. The van der Waals surface area contributed by atoms with E-state index in [1.54, 1.807) is 0 Å². The van der Waals surface area contributed by atoms with Crippen LogP contribution in [-0.4, -0.2) is 48.9 Å². The van der Waals surface area contributed by atoms with Gasteiger partial charge >= 0.3 is 0 Å². The Morgan fingerprint density at radius 3 is 2.53 bits per heavy atom. The van der Waals surface area contributed by atoms with Gasteiger partial charge in [-0.2, -0.15) is 0 Å². The third-order valence-electron chi connectivity index (χ3n) is 3.35. The van der Waals surface area contributed by atoms with Crippen molar-refractivity contribution in [2.75, 3.05) is 26.3 Å². The van der Waals surface area contributed by atoms with Crippen LogP contribution in [0.3, 0.4) is 0 Å². The summed E-state index contributed by atoms with van der Waals surface area (Å²) in [7, 11) is 0. The Bertz CT molecular complexity index is 350. The van der Waals surface area contributed by atoms with Crippen molar-refractivity contribution in [3.05, 3.63) is 0 Å². The number of nitrogens with one attached hydrogen (secondary N) is 1. The van der Waals surface area contributed by atoms with Gasteiger partial charge in [-0.25, -0.2) is 0 Å². The van der Waals surface area contributed by atoms with Crippen molar-refractivity contribution < 1.29 is 19.1 Å². The number of imide groups is 1. The van der Waals surface area contributed by atoms with Crippen LogP contribution in [0.4, 0.5) is 0 Å². The fraction of sp³-hybridized carbons (Fsp3) is 0.769. The Kier molecular flexibility index (Phi) is 4.90. The highest BCUT2D eigenvalue weighted by Crippen LogP contribution is 2.31. The quantitative estimate of drug-likeness (QED) is 0.499. The van der Waals surface area contributed by atoms with Gasteiger partial charge in [0.05, 0.1) is 19.8 Å². The molecule has 1 aliphatic carbocycles. The minimum Gasteiger partial charge on any atom is -0.378 e. The van der Waals surface area contributed by atoms with E-state index in [0.29, 0.717) is 51.5 Å². The molecule has 0 aromatic heterocycles. The van der Waals surface area contributed by atoms with Crippen molar-refractivity contribution in [1.82, 2.24) is 10.2 Å². The number of carbonyl (C=O) groups excluding carboxylic acids is 3. The number of ether oxygens (including phenoxy) is 1. The van der Waals surface area contributed by atoms with Crippen LogP contribution in [0.1, 0.15) is 32.1 Å². The van der Waals surface area contributed by atoms with Gasteiger partial charge in [-0.3, -0.25) is 19.3 Å². The van der Waals surface area contributed by atoms with Gasteiger partial charge in [-0.1, -0.05) is 0 Å². The summed E-state index contributed by atoms with van der Waals surface area (Å²) in [5.41, 5.74) is 0. The van der Waals surface area contributed by atoms with Gasteiger partial charge in [0.2, 0.25) is 17.7 Å². The molecule has 0 spiro atoms. The van der Waals surface area contributed by atoms with Crippen molar-refractivity contribution in [1.29, 1.82) is 0 Å². The minimum absolute atomic E-state index is 0.0796. The molecule has 0 aromatic rings. The standard InChI is InChI=1S/C13H20N2O4/c16-11(9-10-1-2-10)14-5-7-19-8-6-15-12(17)3-4-13(15)18/h10H,1-9H2,(H,14,16). The van der Waals surface area contributed by atoms with Crippen LogP contribution in [0.2, 0.25) is 0 Å². The predicted octanol–water partition coefficient (Wildman–Crippen LogP) is 0.0683. The molecule has 1 heterocycles. The molecule has 3 amide bonds. The summed E-state index contributed by atoms with van der Waals surface area (Å²) in [5, 5.41) is 2.79. The first kappa shape index (κ1) is 14.0. The number of nitrogens with zero attached hydrogens (tertiary/aromatic N) is 1. The lowest BCUT2D eigenvalue weighted by Crippen LogP contribution is -2.33. The molecule has 1 saturated heterocycles. The number of amides is 3. The SMILES string of the molecule is O=C(CC1CC1)NCCOCCN1C(=O)CCC1=O. The number of carbonyl (C=O) groups is 3. The summed E-state index contributed by atoms with van der Waals surface area (Å²) in [6.45, 7) is 1.53. The summed E-state index contributed by atoms with van der Waals surface area (Å²) in [5.74, 6) is 0.432. The molecule has 0 radical (unpaired) electrons. The highest BCUT2D eigenvalue weighted by Gasteiger charge is 2.28. The Morgan fingerprint density at radius 2 is 1.89 bits per heavy atom. The maximum Gasteiger partial charge on any atom is 0.229 e. The molecule has 0 aromatic carbocycles. The third kappa shape index (κ3) is 4.63. The highest BCUT2D eigenvalue weighted by atomic mass is 16.5. The van der Waals surface area contributed by atoms with Crippen LogP contribution in [0.5, 0.6) is 0 Å². The van der Waals surface area contributed by atoms with Crippen LogP contribution in [0.25, 0.3) is 0 Å². The number of hydrogen-bond donors (Lipinski definition) is 1. The van der Waals surface area contributed by atoms with Crippen LogP contribution in [0.15, 0.2) is 0 Å². The summed E-state index contributed by atoms with van der Waals surface area (Å²) < 4.78 is 5.30. The van der Waals surface area contributed by atoms with Crippen LogP contribution >= 0.6 is 0 Å². The predicted molar refractivity (Wildman–Crippen MR) is 67.1 cm³/mol. The first-order valence-electron chi connectivity index (χ1n) is 6.84. The van der Waals surface area contributed by atoms with Crippen LogP contribution < -0.4 is 5.32 Å². The lowest BCUT2D eigenvalue weighted by atomic mass is 10.3. The Hall–Kier alpha value is -1.43. The second-order valence-corrected chi connectivity index (χ2v) is 5.05. The molecule has 2 aliphatic rings. The zero-order valence-electron chi connectivity index (χ0n) is 11.0. The summed E-state index contributed by atoms with van der Waals surface area (Å²) in [6, 6.07) is 0. The molecule has 0 atom stereocenters. The van der Waals surface area contributed by atoms with E-state index in [1.165, 1.54) is 17.7 Å². The summed E-state index contributed by atoms with van der Waals surface area (Å²) in [4.78, 5) is 35.2. The monoisotopic (exact) mass is 268 g/mol. The van der Waals surface area contributed by atoms with Gasteiger partial charge in [0.25, 0.3) is 0 Å². The summed E-state index contributed by atoms with van der Waals surface area (Å²) in [6.07, 6.45) is 3.59. The second-order valence-electron chi connectivity index (χ2n) is 5.05. The van der Waals surface area contributed by atoms with Gasteiger partial charge in [-0.15, -0.1) is 0 Å². The Morgan fingerprint density at radius 1 is 1.21 bits per heavy atom. The fourth-order valence-corrected chi connectivity index (χ4v) is 2.05. The number of rotatable bonds is 8. The van der Waals surface area contributed by atoms with Gasteiger partial charge < -0.3 is 10.1 Å². The van der Waals surface area contributed by atoms with E-state index < -0.39 is 0 Å². The molecule has 1 aliphatic heterocycles. The lowest BCUT2D eigenvalue weighted by Gasteiger charge is -2.13. The zero-order chi connectivity index (χ0) is 13.7. The van der Waals surface area contributed by atoms with Crippen LogP contribution in [0, 0.1) is 5.92 Å². The molecular formula is C13H20N2O4. The summed E-state index contributed by atoms with van der Waals surface area (Å²) >= 11 is 0. The molecule has 0 bridgehead atoms. The van der Waals surface area contributed by atoms with Gasteiger partial charge in [0.1, 0.15) is 0 Å². The van der Waals surface area contributed by atoms with E-state index >= 15 is 0 Å². The number of hydrogen-bond acceptors (Lipinski definition) is 4. The van der Waals surface area contributed by atoms with Crippen molar-refractivity contribution in [2.24, 2.45) is 5.92 Å². The molecule has 1 saturated carbocycles. The molecule has 1 N–H and O–H groups in total. The normalized spacial score (nSPS) is 19.1. The first-order chi connectivity index (χ1) is 9.16. The van der Waals surface area contributed by atoms with E-state index in [0.717, 1.165) is 0 Å². The van der Waals surface area contributed by atoms with Gasteiger partial charge in [0.15, 0.2) is 0 Å². The molecule has 6 nitrogen and oxygen atoms in total. The average Bonchev–Trinajstić information content (AvgIpc) is 3.13. The molecule has 106 valence electrons. The molecule has 6 heteroatoms. The van der Waals surface area contributed by atoms with E-state index in [2.05, 4.69) is 5.32 Å². The van der Waals surface area contributed by atoms with Crippen LogP contribution in [-0.2, 0) is 19.1 Å². The minimum atomic E-state index is -0.119. The van der Waals surface area contributed by atoms with Crippen molar-refractivity contribution >= 4 is 17.7 Å². The Balaban J connectivity index is 1.46. The fourth-order valence-electron chi connectivity index (χ4n) is 2.05. The molecule has 2 fully saturated rings. The maximum atomic E-state index is 11.4. The van der Waals surface area contributed by atoms with E-state index in [4.69, 9.17) is 4.74 Å². The maximum absolute atomic E-state index is 11.4. The van der Waals surface area contributed by atoms with Gasteiger partial charge in [0, 0.05) is 25.8 Å². The Labute approximate surface area is 112 Å². The van der Waals surface area contributed by atoms with E-state index in [-0.39, 0.29) is 17.7 Å². The zero-order valence-corrected chi connectivity index (χ0v) is 11.0. The first-order valence-corrected chi connectivity index (χ1v) is 6.84. The highest BCUT2D eigenvalue weighted by molar-refractivity contribution is 6.01. The number of likely N-dealkylation sites (tertiary alicyclic amines) is 1. The molecule has 19 heavy (non-hydrogen) atoms. The van der Waals surface area contributed by atoms with E-state index in [9.17, 15) is 14.4 Å². The molecule has 0 unspecified atom stereocenters. The van der Waals surface area contributed by atoms with Crippen molar-refractivity contribution in [3.8, 4) is 0 Å². The third-order valence-corrected chi connectivity index (χ3v) is 3.35. The smallest absolute Gasteiger partial charge is 0.229 e. The van der Waals surface area contributed by atoms with Crippen molar-refractivity contribution in [3.63, 3.8) is 0 Å². The second kappa shape index (κ2) is 6.65. The molecular weight excluding hydrogens is 248 g/mol. The van der Waals surface area contributed by atoms with E-state index in [1.807, 2.05) is 0 Å². The molecule has 2 rings (SSSR count).